The molecule has 3 heterocycles. The lowest BCUT2D eigenvalue weighted by Crippen LogP contribution is -2.38. The quantitative estimate of drug-likeness (QED) is 0.559. The number of benzene rings is 2. The van der Waals surface area contributed by atoms with Crippen molar-refractivity contribution in [2.45, 2.75) is 31.7 Å². The van der Waals surface area contributed by atoms with E-state index in [1.165, 1.54) is 31.5 Å². The number of rotatable bonds is 5. The van der Waals surface area contributed by atoms with E-state index in [0.29, 0.717) is 19.8 Å². The van der Waals surface area contributed by atoms with Crippen LogP contribution < -0.4 is 9.47 Å². The molecule has 3 aliphatic heterocycles. The molecule has 0 spiro atoms. The van der Waals surface area contributed by atoms with Crippen LogP contribution in [0, 0.1) is 5.92 Å². The van der Waals surface area contributed by atoms with E-state index in [4.69, 9.17) is 14.2 Å². The van der Waals surface area contributed by atoms with Crippen molar-refractivity contribution >= 4 is 22.0 Å². The normalized spacial score (nSPS) is 20.7. The second kappa shape index (κ2) is 11.7. The molecule has 6 nitrogen and oxygen atoms in total. The van der Waals surface area contributed by atoms with Crippen molar-refractivity contribution in [2.24, 2.45) is 5.92 Å². The van der Waals surface area contributed by atoms with Gasteiger partial charge in [0.05, 0.1) is 10.5 Å². The number of piperidine rings is 1. The summed E-state index contributed by atoms with van der Waals surface area (Å²) in [6, 6.07) is 16.3. The summed E-state index contributed by atoms with van der Waals surface area (Å²) < 4.78 is 17.0. The summed E-state index contributed by atoms with van der Waals surface area (Å²) in [6.45, 7) is 5.01. The predicted molar refractivity (Wildman–Crippen MR) is 132 cm³/mol. The van der Waals surface area contributed by atoms with E-state index in [9.17, 15) is 4.79 Å². The van der Waals surface area contributed by atoms with E-state index >= 15 is 0 Å². The van der Waals surface area contributed by atoms with Crippen LogP contribution in [0.2, 0.25) is 0 Å². The summed E-state index contributed by atoms with van der Waals surface area (Å²) in [4.78, 5) is 16.3. The number of halogens is 1. The Morgan fingerprint density at radius 2 is 1.73 bits per heavy atom. The van der Waals surface area contributed by atoms with Gasteiger partial charge in [-0.3, -0.25) is 0 Å². The van der Waals surface area contributed by atoms with Gasteiger partial charge >= 0.3 is 6.09 Å². The molecule has 2 saturated heterocycles. The van der Waals surface area contributed by atoms with Gasteiger partial charge in [0.2, 0.25) is 0 Å². The van der Waals surface area contributed by atoms with E-state index in [0.717, 1.165) is 41.3 Å². The van der Waals surface area contributed by atoms with Crippen LogP contribution in [0.15, 0.2) is 53.0 Å². The van der Waals surface area contributed by atoms with Crippen molar-refractivity contribution in [1.29, 1.82) is 0 Å². The van der Waals surface area contributed by atoms with Crippen LogP contribution in [0.5, 0.6) is 11.5 Å². The number of hydrogen-bond acceptors (Lipinski definition) is 5. The molecule has 0 bridgehead atoms. The van der Waals surface area contributed by atoms with Gasteiger partial charge in [-0.25, -0.2) is 4.79 Å². The minimum atomic E-state index is -0.131. The van der Waals surface area contributed by atoms with Crippen LogP contribution in [0.25, 0.3) is 0 Å². The summed E-state index contributed by atoms with van der Waals surface area (Å²) in [5.41, 5.74) is 1.27. The second-order valence-electron chi connectivity index (χ2n) is 8.91. The molecule has 0 aromatic heterocycles. The van der Waals surface area contributed by atoms with Gasteiger partial charge in [-0.1, -0.05) is 36.4 Å². The van der Waals surface area contributed by atoms with Crippen LogP contribution in [0.1, 0.15) is 24.8 Å². The maximum atomic E-state index is 12.0. The first-order chi connectivity index (χ1) is 16.1. The smallest absolute Gasteiger partial charge is 0.410 e. The Hall–Kier alpha value is -2.25. The number of hydrogen-bond donors (Lipinski definition) is 0. The molecule has 1 atom stereocenters. The van der Waals surface area contributed by atoms with Gasteiger partial charge in [0.1, 0.15) is 19.8 Å². The third-order valence-electron chi connectivity index (χ3n) is 6.52. The molecular formula is C26H33BrN2O4. The Bertz CT molecular complexity index is 902. The molecule has 2 aromatic carbocycles. The molecule has 1 unspecified atom stereocenters. The Morgan fingerprint density at radius 1 is 0.970 bits per heavy atom. The minimum Gasteiger partial charge on any atom is -0.486 e. The van der Waals surface area contributed by atoms with Crippen molar-refractivity contribution < 1.29 is 19.0 Å². The van der Waals surface area contributed by atoms with Gasteiger partial charge in [0, 0.05) is 6.54 Å². The Morgan fingerprint density at radius 3 is 2.48 bits per heavy atom. The highest BCUT2D eigenvalue weighted by atomic mass is 79.9. The summed E-state index contributed by atoms with van der Waals surface area (Å²) in [5.74, 6) is 2.39. The zero-order chi connectivity index (χ0) is 23.0. The molecule has 2 aromatic rings. The first-order valence-corrected chi connectivity index (χ1v) is 12.6. The molecule has 0 saturated carbocycles. The highest BCUT2D eigenvalue weighted by molar-refractivity contribution is 9.10. The predicted octanol–water partition coefficient (Wildman–Crippen LogP) is 5.00. The van der Waals surface area contributed by atoms with E-state index < -0.39 is 0 Å². The van der Waals surface area contributed by atoms with Crippen LogP contribution in [-0.4, -0.2) is 68.4 Å². The molecule has 5 rings (SSSR count). The molecule has 33 heavy (non-hydrogen) atoms. The van der Waals surface area contributed by atoms with Crippen LogP contribution in [0.3, 0.4) is 0 Å². The molecule has 0 N–H and O–H groups in total. The van der Waals surface area contributed by atoms with Crippen LogP contribution >= 0.6 is 15.9 Å². The van der Waals surface area contributed by atoms with Crippen molar-refractivity contribution in [2.75, 3.05) is 46.5 Å². The van der Waals surface area contributed by atoms with Gasteiger partial charge in [-0.2, -0.15) is 0 Å². The molecule has 1 amide bonds. The number of nitrogens with zero attached hydrogens (tertiary/aromatic N) is 2. The first-order valence-electron chi connectivity index (χ1n) is 11.8. The number of para-hydroxylation sites is 1. The monoisotopic (exact) mass is 516 g/mol. The second-order valence-corrected chi connectivity index (χ2v) is 9.77. The maximum absolute atomic E-state index is 12.0. The Balaban J connectivity index is 0.000000196. The van der Waals surface area contributed by atoms with Gasteiger partial charge in [0.15, 0.2) is 11.5 Å². The third-order valence-corrected chi connectivity index (χ3v) is 7.15. The van der Waals surface area contributed by atoms with E-state index in [-0.39, 0.29) is 12.1 Å². The Kier molecular flexibility index (Phi) is 8.51. The van der Waals surface area contributed by atoms with Crippen molar-refractivity contribution in [3.8, 4) is 11.5 Å². The van der Waals surface area contributed by atoms with Gasteiger partial charge in [-0.05, 0) is 85.4 Å². The fraction of sp³-hybridized carbons (Fsp3) is 0.500. The number of amides is 1. The Labute approximate surface area is 204 Å². The van der Waals surface area contributed by atoms with E-state index in [2.05, 4.69) is 52.1 Å². The highest BCUT2D eigenvalue weighted by Crippen LogP contribution is 2.36. The molecule has 2 fully saturated rings. The van der Waals surface area contributed by atoms with Gasteiger partial charge in [0.25, 0.3) is 0 Å². The number of fused-ring (bicyclic) bond motifs is 1. The molecule has 178 valence electrons. The van der Waals surface area contributed by atoms with Crippen molar-refractivity contribution in [3.05, 3.63) is 58.6 Å². The maximum Gasteiger partial charge on any atom is 0.410 e. The topological polar surface area (TPSA) is 51.2 Å². The zero-order valence-electron chi connectivity index (χ0n) is 19.2. The fourth-order valence-electron chi connectivity index (χ4n) is 4.53. The van der Waals surface area contributed by atoms with Crippen molar-refractivity contribution in [3.63, 3.8) is 0 Å². The molecule has 0 aliphatic carbocycles. The number of carbonyl (C=O) groups is 1. The summed E-state index contributed by atoms with van der Waals surface area (Å²) >= 11 is 3.38. The number of likely N-dealkylation sites (tertiary alicyclic amines) is 1. The third kappa shape index (κ3) is 6.64. The average Bonchev–Trinajstić information content (AvgIpc) is 3.19. The van der Waals surface area contributed by atoms with Crippen LogP contribution in [-0.2, 0) is 11.2 Å². The molecule has 3 aliphatic rings. The molecule has 7 heteroatoms. The largest absolute Gasteiger partial charge is 0.486 e. The van der Waals surface area contributed by atoms with E-state index in [1.54, 1.807) is 0 Å². The average molecular weight is 517 g/mol. The zero-order valence-corrected chi connectivity index (χ0v) is 20.8. The standard InChI is InChI=1S/C18H26N2O2.C8H7BrO2/c1-19-10-7-15(8-11-19)9-12-20-17(14-22-18(20)21)13-16-5-3-2-4-6-16;9-6-2-1-3-7-8(6)11-5-4-10-7/h2-6,15,17H,7-14H2,1H3;1-3H,4-5H2. The summed E-state index contributed by atoms with van der Waals surface area (Å²) in [7, 11) is 2.18. The molecular weight excluding hydrogens is 484 g/mol. The first kappa shape index (κ1) is 23.9. The number of cyclic esters (lactones) is 1. The highest BCUT2D eigenvalue weighted by Gasteiger charge is 2.33. The number of ether oxygens (including phenoxy) is 3. The molecule has 0 radical (unpaired) electrons. The SMILES string of the molecule is Brc1cccc2c1OCCO2.CN1CCC(CCN2C(=O)OCC2Cc2ccccc2)CC1. The van der Waals surface area contributed by atoms with Gasteiger partial charge in [-0.15, -0.1) is 0 Å². The lowest BCUT2D eigenvalue weighted by molar-refractivity contribution is 0.151. The number of carbonyl (C=O) groups excluding carboxylic acids is 1. The van der Waals surface area contributed by atoms with Crippen LogP contribution in [0.4, 0.5) is 4.79 Å². The van der Waals surface area contributed by atoms with E-state index in [1.807, 2.05) is 29.2 Å². The van der Waals surface area contributed by atoms with Crippen molar-refractivity contribution in [1.82, 2.24) is 9.80 Å². The lowest BCUT2D eigenvalue weighted by atomic mass is 9.93. The fourth-order valence-corrected chi connectivity index (χ4v) is 4.99. The lowest BCUT2D eigenvalue weighted by Gasteiger charge is -2.30. The summed E-state index contributed by atoms with van der Waals surface area (Å²) in [6.07, 6.45) is 4.37. The minimum absolute atomic E-state index is 0.131. The summed E-state index contributed by atoms with van der Waals surface area (Å²) in [5, 5.41) is 0. The van der Waals surface area contributed by atoms with Gasteiger partial charge < -0.3 is 24.0 Å².